The van der Waals surface area contributed by atoms with Gasteiger partial charge in [-0.1, -0.05) is 13.8 Å². The van der Waals surface area contributed by atoms with Crippen LogP contribution in [0.15, 0.2) is 0 Å². The van der Waals surface area contributed by atoms with Crippen LogP contribution in [0.25, 0.3) is 0 Å². The summed E-state index contributed by atoms with van der Waals surface area (Å²) >= 11 is 1.80. The number of thiazole rings is 1. The summed E-state index contributed by atoms with van der Waals surface area (Å²) in [5, 5.41) is 4.38. The van der Waals surface area contributed by atoms with Gasteiger partial charge >= 0.3 is 0 Å². The van der Waals surface area contributed by atoms with Crippen LogP contribution in [0.4, 0.5) is 0 Å². The number of nitrogens with zero attached hydrogens (tertiary/aromatic N) is 1. The summed E-state index contributed by atoms with van der Waals surface area (Å²) in [4.78, 5) is 6.07. The van der Waals surface area contributed by atoms with Gasteiger partial charge in [0.15, 0.2) is 0 Å². The van der Waals surface area contributed by atoms with E-state index in [0.29, 0.717) is 5.92 Å². The Bertz CT molecular complexity index is 323. The van der Waals surface area contributed by atoms with E-state index in [4.69, 9.17) is 9.72 Å². The van der Waals surface area contributed by atoms with Gasteiger partial charge in [-0.3, -0.25) is 0 Å². The van der Waals surface area contributed by atoms with Gasteiger partial charge in [0, 0.05) is 25.0 Å². The number of hydrogen-bond donors (Lipinski definition) is 1. The molecule has 4 heteroatoms. The Morgan fingerprint density at radius 2 is 2.06 bits per heavy atom. The summed E-state index contributed by atoms with van der Waals surface area (Å²) in [5.74, 6) is 0.492. The van der Waals surface area contributed by atoms with Crippen LogP contribution in [0.3, 0.4) is 0 Å². The predicted molar refractivity (Wildman–Crippen MR) is 69.1 cm³/mol. The first-order chi connectivity index (χ1) is 7.58. The second-order valence-electron chi connectivity index (χ2n) is 4.35. The zero-order chi connectivity index (χ0) is 12.1. The average molecular weight is 242 g/mol. The number of nitrogens with one attached hydrogen (secondary N) is 1. The van der Waals surface area contributed by atoms with E-state index in [9.17, 15) is 0 Å². The number of hydrogen-bond acceptors (Lipinski definition) is 4. The number of rotatable bonds is 6. The molecule has 3 nitrogen and oxygen atoms in total. The van der Waals surface area contributed by atoms with E-state index in [2.05, 4.69) is 26.1 Å². The Morgan fingerprint density at radius 1 is 1.38 bits per heavy atom. The van der Waals surface area contributed by atoms with Crippen LogP contribution in [0.1, 0.15) is 42.3 Å². The van der Waals surface area contributed by atoms with Gasteiger partial charge in [-0.25, -0.2) is 4.98 Å². The normalized spacial score (nSPS) is 13.4. The number of methoxy groups -OCH3 is 1. The first kappa shape index (κ1) is 13.6. The molecule has 0 amide bonds. The molecule has 0 radical (unpaired) electrons. The highest BCUT2D eigenvalue weighted by Gasteiger charge is 2.14. The fourth-order valence-electron chi connectivity index (χ4n) is 1.57. The molecule has 16 heavy (non-hydrogen) atoms. The molecule has 0 saturated heterocycles. The van der Waals surface area contributed by atoms with Crippen LogP contribution in [0.5, 0.6) is 0 Å². The molecule has 1 N–H and O–H groups in total. The lowest BCUT2D eigenvalue weighted by Gasteiger charge is -2.05. The van der Waals surface area contributed by atoms with Crippen molar-refractivity contribution < 1.29 is 4.74 Å². The van der Waals surface area contributed by atoms with Crippen molar-refractivity contribution in [1.29, 1.82) is 0 Å². The van der Waals surface area contributed by atoms with Crippen molar-refractivity contribution in [3.63, 3.8) is 0 Å². The van der Waals surface area contributed by atoms with Crippen molar-refractivity contribution in [2.75, 3.05) is 14.2 Å². The largest absolute Gasteiger partial charge is 0.381 e. The Morgan fingerprint density at radius 3 is 2.56 bits per heavy atom. The number of ether oxygens (including phenoxy) is 1. The lowest BCUT2D eigenvalue weighted by molar-refractivity contribution is 0.118. The average Bonchev–Trinajstić information content (AvgIpc) is 2.61. The Kier molecular flexibility index (Phi) is 5.38. The molecule has 0 bridgehead atoms. The lowest BCUT2D eigenvalue weighted by atomic mass is 10.1. The third kappa shape index (κ3) is 3.54. The van der Waals surface area contributed by atoms with E-state index in [-0.39, 0.29) is 6.10 Å². The second kappa shape index (κ2) is 6.33. The van der Waals surface area contributed by atoms with Crippen LogP contribution in [0, 0.1) is 0 Å². The highest BCUT2D eigenvalue weighted by atomic mass is 32.1. The minimum Gasteiger partial charge on any atom is -0.381 e. The van der Waals surface area contributed by atoms with Crippen molar-refractivity contribution >= 4 is 11.3 Å². The van der Waals surface area contributed by atoms with Gasteiger partial charge in [0.2, 0.25) is 0 Å². The topological polar surface area (TPSA) is 34.1 Å². The molecule has 0 aliphatic carbocycles. The molecule has 1 heterocycles. The van der Waals surface area contributed by atoms with E-state index in [1.165, 1.54) is 15.6 Å². The van der Waals surface area contributed by atoms with Gasteiger partial charge < -0.3 is 10.1 Å². The van der Waals surface area contributed by atoms with Gasteiger partial charge in [0.25, 0.3) is 0 Å². The fourth-order valence-corrected chi connectivity index (χ4v) is 2.92. The van der Waals surface area contributed by atoms with E-state index in [1.54, 1.807) is 18.4 Å². The van der Waals surface area contributed by atoms with Gasteiger partial charge in [-0.2, -0.15) is 0 Å². The van der Waals surface area contributed by atoms with Crippen LogP contribution in [-0.2, 0) is 17.7 Å². The molecule has 92 valence electrons. The molecule has 1 unspecified atom stereocenters. The third-order valence-electron chi connectivity index (χ3n) is 2.52. The first-order valence-electron chi connectivity index (χ1n) is 5.74. The Hall–Kier alpha value is -0.450. The van der Waals surface area contributed by atoms with Crippen molar-refractivity contribution in [2.24, 2.45) is 0 Å². The van der Waals surface area contributed by atoms with E-state index in [1.807, 2.05) is 7.05 Å². The Labute approximate surface area is 102 Å². The summed E-state index contributed by atoms with van der Waals surface area (Å²) in [5.41, 5.74) is 1.23. The number of aromatic nitrogens is 1. The van der Waals surface area contributed by atoms with E-state index in [0.717, 1.165) is 13.0 Å². The molecule has 1 aromatic heterocycles. The molecule has 0 fully saturated rings. The van der Waals surface area contributed by atoms with E-state index < -0.39 is 0 Å². The summed E-state index contributed by atoms with van der Waals surface area (Å²) in [6.07, 6.45) is 1.15. The van der Waals surface area contributed by atoms with Crippen molar-refractivity contribution in [3.8, 4) is 0 Å². The van der Waals surface area contributed by atoms with Crippen LogP contribution < -0.4 is 5.32 Å². The maximum absolute atomic E-state index is 5.27. The maximum Gasteiger partial charge on any atom is 0.0957 e. The SMILES string of the molecule is CNCc1sc(CC(C)OC)nc1C(C)C. The summed E-state index contributed by atoms with van der Waals surface area (Å²) < 4.78 is 5.27. The zero-order valence-electron chi connectivity index (χ0n) is 10.8. The van der Waals surface area contributed by atoms with Crippen LogP contribution in [-0.4, -0.2) is 25.2 Å². The monoisotopic (exact) mass is 242 g/mol. The summed E-state index contributed by atoms with van der Waals surface area (Å²) in [6.45, 7) is 7.37. The van der Waals surface area contributed by atoms with Crippen molar-refractivity contribution in [2.45, 2.75) is 45.8 Å². The minimum absolute atomic E-state index is 0.244. The van der Waals surface area contributed by atoms with E-state index >= 15 is 0 Å². The minimum atomic E-state index is 0.244. The second-order valence-corrected chi connectivity index (χ2v) is 5.52. The van der Waals surface area contributed by atoms with Crippen molar-refractivity contribution in [3.05, 3.63) is 15.6 Å². The summed E-state index contributed by atoms with van der Waals surface area (Å²) in [6, 6.07) is 0. The molecular weight excluding hydrogens is 220 g/mol. The van der Waals surface area contributed by atoms with Gasteiger partial charge in [0.05, 0.1) is 16.8 Å². The predicted octanol–water partition coefficient (Wildman–Crippen LogP) is 2.56. The lowest BCUT2D eigenvalue weighted by Crippen LogP contribution is -2.08. The highest BCUT2D eigenvalue weighted by molar-refractivity contribution is 7.11. The molecule has 0 spiro atoms. The Balaban J connectivity index is 2.83. The molecule has 0 aliphatic heterocycles. The molecular formula is C12H22N2OS. The first-order valence-corrected chi connectivity index (χ1v) is 6.56. The van der Waals surface area contributed by atoms with Gasteiger partial charge in [-0.05, 0) is 19.9 Å². The van der Waals surface area contributed by atoms with Gasteiger partial charge in [0.1, 0.15) is 0 Å². The van der Waals surface area contributed by atoms with Crippen LogP contribution >= 0.6 is 11.3 Å². The fraction of sp³-hybridized carbons (Fsp3) is 0.750. The molecule has 1 atom stereocenters. The quantitative estimate of drug-likeness (QED) is 0.832. The highest BCUT2D eigenvalue weighted by Crippen LogP contribution is 2.26. The maximum atomic E-state index is 5.27. The summed E-state index contributed by atoms with van der Waals surface area (Å²) in [7, 11) is 3.72. The van der Waals surface area contributed by atoms with Crippen molar-refractivity contribution in [1.82, 2.24) is 10.3 Å². The smallest absolute Gasteiger partial charge is 0.0957 e. The molecule has 0 saturated carbocycles. The zero-order valence-corrected chi connectivity index (χ0v) is 11.6. The molecule has 1 aromatic rings. The molecule has 0 aliphatic rings. The van der Waals surface area contributed by atoms with Crippen LogP contribution in [0.2, 0.25) is 0 Å². The van der Waals surface area contributed by atoms with Gasteiger partial charge in [-0.15, -0.1) is 11.3 Å². The standard InChI is InChI=1S/C12H22N2OS/c1-8(2)12-10(7-13-4)16-11(14-12)6-9(3)15-5/h8-9,13H,6-7H2,1-5H3. The molecule has 1 rings (SSSR count). The molecule has 0 aromatic carbocycles. The third-order valence-corrected chi connectivity index (χ3v) is 3.61.